The average Bonchev–Trinajstić information content (AvgIpc) is 2.94. The number of nitrogens with zero attached hydrogens (tertiary/aromatic N) is 1. The highest BCUT2D eigenvalue weighted by Crippen LogP contribution is 2.44. The molecule has 0 amide bonds. The Balaban J connectivity index is 2.04. The van der Waals surface area contributed by atoms with Crippen LogP contribution in [0.15, 0.2) is 29.2 Å². The molecule has 2 unspecified atom stereocenters. The number of aromatic nitrogens is 1. The number of rotatable bonds is 1. The van der Waals surface area contributed by atoms with Crippen molar-refractivity contribution >= 4 is 17.6 Å². The minimum Gasteiger partial charge on any atom is -0.488 e. The van der Waals surface area contributed by atoms with E-state index >= 15 is 0 Å². The Bertz CT molecular complexity index is 918. The molecule has 24 heavy (non-hydrogen) atoms. The molecule has 5 nitrogen and oxygen atoms in total. The molecule has 2 atom stereocenters. The number of aromatic carboxylic acids is 1. The van der Waals surface area contributed by atoms with Crippen LogP contribution in [-0.4, -0.2) is 21.7 Å². The molecule has 0 bridgehead atoms. The maximum atomic E-state index is 12.2. The van der Waals surface area contributed by atoms with Crippen LogP contribution in [0, 0.1) is 6.92 Å². The van der Waals surface area contributed by atoms with Crippen molar-refractivity contribution in [2.45, 2.75) is 38.3 Å². The van der Waals surface area contributed by atoms with E-state index in [1.54, 1.807) is 6.07 Å². The fourth-order valence-corrected chi connectivity index (χ4v) is 3.84. The maximum Gasteiger partial charge on any atom is 0.341 e. The van der Waals surface area contributed by atoms with Gasteiger partial charge in [-0.05, 0) is 43.9 Å². The van der Waals surface area contributed by atoms with Gasteiger partial charge in [-0.15, -0.1) is 0 Å². The number of halogens is 1. The molecular formula is C18H16ClNO4. The van der Waals surface area contributed by atoms with Gasteiger partial charge in [0.15, 0.2) is 5.43 Å². The van der Waals surface area contributed by atoms with E-state index < -0.39 is 11.4 Å². The lowest BCUT2D eigenvalue weighted by Gasteiger charge is -2.22. The molecule has 1 aliphatic carbocycles. The van der Waals surface area contributed by atoms with Gasteiger partial charge in [0.25, 0.3) is 0 Å². The summed E-state index contributed by atoms with van der Waals surface area (Å²) in [6.07, 6.45) is 4.22. The molecule has 124 valence electrons. The van der Waals surface area contributed by atoms with Gasteiger partial charge in [-0.3, -0.25) is 4.79 Å². The first kappa shape index (κ1) is 15.3. The fourth-order valence-electron chi connectivity index (χ4n) is 3.68. The van der Waals surface area contributed by atoms with Crippen molar-refractivity contribution < 1.29 is 14.6 Å². The van der Waals surface area contributed by atoms with Crippen molar-refractivity contribution in [3.8, 4) is 17.0 Å². The third-order valence-electron chi connectivity index (χ3n) is 4.90. The minimum absolute atomic E-state index is 0.0187. The molecule has 4 rings (SSSR count). The first-order valence-corrected chi connectivity index (χ1v) is 8.30. The lowest BCUT2D eigenvalue weighted by Crippen LogP contribution is -2.26. The Morgan fingerprint density at radius 3 is 2.88 bits per heavy atom. The average molecular weight is 346 g/mol. The number of carboxylic acid groups (broad SMARTS) is 1. The van der Waals surface area contributed by atoms with Crippen molar-refractivity contribution in [2.75, 3.05) is 0 Å². The summed E-state index contributed by atoms with van der Waals surface area (Å²) in [5.41, 5.74) is 1.58. The van der Waals surface area contributed by atoms with Gasteiger partial charge in [-0.25, -0.2) is 4.79 Å². The van der Waals surface area contributed by atoms with Crippen molar-refractivity contribution in [2.24, 2.45) is 0 Å². The Labute approximate surface area is 143 Å². The first-order chi connectivity index (χ1) is 11.5. The molecule has 1 saturated carbocycles. The van der Waals surface area contributed by atoms with E-state index in [4.69, 9.17) is 16.3 Å². The predicted molar refractivity (Wildman–Crippen MR) is 90.1 cm³/mol. The molecule has 1 fully saturated rings. The molecular weight excluding hydrogens is 330 g/mol. The summed E-state index contributed by atoms with van der Waals surface area (Å²) >= 11 is 6.27. The van der Waals surface area contributed by atoms with Crippen LogP contribution in [0.2, 0.25) is 5.02 Å². The molecule has 2 aliphatic rings. The molecule has 1 aromatic heterocycles. The van der Waals surface area contributed by atoms with Crippen molar-refractivity contribution in [3.63, 3.8) is 0 Å². The van der Waals surface area contributed by atoms with Crippen molar-refractivity contribution in [3.05, 3.63) is 50.8 Å². The second kappa shape index (κ2) is 5.38. The molecule has 0 radical (unpaired) electrons. The molecule has 1 aromatic carbocycles. The highest BCUT2D eigenvalue weighted by molar-refractivity contribution is 6.31. The Hall–Kier alpha value is -2.27. The number of ether oxygens (including phenoxy) is 1. The van der Waals surface area contributed by atoms with Gasteiger partial charge in [0.2, 0.25) is 0 Å². The van der Waals surface area contributed by atoms with Gasteiger partial charge in [0.1, 0.15) is 17.4 Å². The molecule has 2 heterocycles. The summed E-state index contributed by atoms with van der Waals surface area (Å²) in [6.45, 7) is 1.91. The molecule has 6 heteroatoms. The summed E-state index contributed by atoms with van der Waals surface area (Å²) in [5.74, 6) is -0.514. The van der Waals surface area contributed by atoms with E-state index in [0.29, 0.717) is 16.5 Å². The highest BCUT2D eigenvalue weighted by Gasteiger charge is 2.35. The molecule has 1 aliphatic heterocycles. The molecule has 0 saturated heterocycles. The summed E-state index contributed by atoms with van der Waals surface area (Å²) in [4.78, 5) is 23.6. The smallest absolute Gasteiger partial charge is 0.341 e. The van der Waals surface area contributed by atoms with E-state index in [-0.39, 0.29) is 17.7 Å². The molecule has 1 N–H and O–H groups in total. The lowest BCUT2D eigenvalue weighted by atomic mass is 10.1. The molecule has 2 aromatic rings. The van der Waals surface area contributed by atoms with Crippen molar-refractivity contribution in [1.82, 2.24) is 4.57 Å². The van der Waals surface area contributed by atoms with Gasteiger partial charge in [-0.1, -0.05) is 11.6 Å². The zero-order valence-corrected chi connectivity index (χ0v) is 13.8. The highest BCUT2D eigenvalue weighted by atomic mass is 35.5. The Morgan fingerprint density at radius 1 is 1.33 bits per heavy atom. The Morgan fingerprint density at radius 2 is 2.12 bits per heavy atom. The monoisotopic (exact) mass is 345 g/mol. The lowest BCUT2D eigenvalue weighted by molar-refractivity contribution is 0.0693. The van der Waals surface area contributed by atoms with Crippen LogP contribution in [0.4, 0.5) is 0 Å². The number of fused-ring (bicyclic) bond motifs is 5. The summed E-state index contributed by atoms with van der Waals surface area (Å²) in [7, 11) is 0. The number of carbonyl (C=O) groups is 1. The third-order valence-corrected chi connectivity index (χ3v) is 5.31. The normalized spacial score (nSPS) is 21.2. The first-order valence-electron chi connectivity index (χ1n) is 7.92. The fraction of sp³-hybridized carbons (Fsp3) is 0.333. The van der Waals surface area contributed by atoms with Crippen molar-refractivity contribution in [1.29, 1.82) is 0 Å². The largest absolute Gasteiger partial charge is 0.488 e. The summed E-state index contributed by atoms with van der Waals surface area (Å²) in [6, 6.07) is 5.08. The van der Waals surface area contributed by atoms with E-state index in [0.717, 1.165) is 30.4 Å². The zero-order valence-electron chi connectivity index (χ0n) is 13.1. The van der Waals surface area contributed by atoms with Crippen LogP contribution in [0.3, 0.4) is 0 Å². The number of aryl methyl sites for hydroxylation is 1. The van der Waals surface area contributed by atoms with Crippen LogP contribution >= 0.6 is 11.6 Å². The van der Waals surface area contributed by atoms with Crippen LogP contribution in [0.1, 0.15) is 41.2 Å². The number of pyridine rings is 1. The zero-order chi connectivity index (χ0) is 17.0. The van der Waals surface area contributed by atoms with Crippen LogP contribution in [0.25, 0.3) is 11.3 Å². The number of benzene rings is 1. The summed E-state index contributed by atoms with van der Waals surface area (Å²) < 4.78 is 8.10. The maximum absolute atomic E-state index is 12.2. The standard InChI is InChI=1S/C18H16ClNO4/c1-9-5-17-10(6-12(9)19)14-7-15(21)11(18(22)23)8-20(14)13-3-2-4-16(13)24-17/h5-8,13,16H,2-4H2,1H3,(H,22,23). The van der Waals surface area contributed by atoms with Gasteiger partial charge >= 0.3 is 5.97 Å². The van der Waals surface area contributed by atoms with E-state index in [1.807, 2.05) is 17.6 Å². The number of hydrogen-bond acceptors (Lipinski definition) is 3. The second-order valence-corrected chi connectivity index (χ2v) is 6.81. The van der Waals surface area contributed by atoms with E-state index in [1.165, 1.54) is 12.3 Å². The quantitative estimate of drug-likeness (QED) is 0.856. The molecule has 0 spiro atoms. The van der Waals surface area contributed by atoms with Gasteiger partial charge < -0.3 is 14.4 Å². The number of carboxylic acids is 1. The Kier molecular flexibility index (Phi) is 3.42. The van der Waals surface area contributed by atoms with Crippen LogP contribution in [0.5, 0.6) is 5.75 Å². The third kappa shape index (κ3) is 2.23. The predicted octanol–water partition coefficient (Wildman–Crippen LogP) is 3.66. The second-order valence-electron chi connectivity index (χ2n) is 6.40. The SMILES string of the molecule is Cc1cc2c(cc1Cl)-c1cc(=O)c(C(=O)O)cn1C1CCCC1O2. The van der Waals surface area contributed by atoms with E-state index in [9.17, 15) is 14.7 Å². The summed E-state index contributed by atoms with van der Waals surface area (Å²) in [5, 5.41) is 9.88. The van der Waals surface area contributed by atoms with Crippen LogP contribution in [-0.2, 0) is 0 Å². The van der Waals surface area contributed by atoms with Crippen LogP contribution < -0.4 is 10.2 Å². The van der Waals surface area contributed by atoms with E-state index in [2.05, 4.69) is 0 Å². The van der Waals surface area contributed by atoms with Gasteiger partial charge in [-0.2, -0.15) is 0 Å². The number of hydrogen-bond donors (Lipinski definition) is 1. The topological polar surface area (TPSA) is 68.5 Å². The van der Waals surface area contributed by atoms with Gasteiger partial charge in [0, 0.05) is 22.8 Å². The minimum atomic E-state index is -1.21. The van der Waals surface area contributed by atoms with Gasteiger partial charge in [0.05, 0.1) is 11.7 Å².